The number of thioether (sulfide) groups is 1. The van der Waals surface area contributed by atoms with Crippen molar-refractivity contribution >= 4 is 17.4 Å². The van der Waals surface area contributed by atoms with Crippen LogP contribution < -0.4 is 0 Å². The smallest absolute Gasteiger partial charge is 0.137 e. The van der Waals surface area contributed by atoms with Crippen LogP contribution in [0.2, 0.25) is 0 Å². The van der Waals surface area contributed by atoms with Gasteiger partial charge in [-0.15, -0.1) is 11.8 Å². The highest BCUT2D eigenvalue weighted by molar-refractivity contribution is 7.98. The molecule has 0 bridgehead atoms. The summed E-state index contributed by atoms with van der Waals surface area (Å²) in [5.41, 5.74) is 4.48. The van der Waals surface area contributed by atoms with Gasteiger partial charge in [-0.25, -0.2) is 4.98 Å². The molecular formula is C20H16N2S. The maximum absolute atomic E-state index is 4.70. The van der Waals surface area contributed by atoms with Crippen LogP contribution in [0.3, 0.4) is 0 Å². The van der Waals surface area contributed by atoms with E-state index >= 15 is 0 Å². The van der Waals surface area contributed by atoms with Gasteiger partial charge in [0.15, 0.2) is 0 Å². The molecule has 4 rings (SSSR count). The number of aromatic nitrogens is 2. The molecule has 2 heterocycles. The monoisotopic (exact) mass is 316 g/mol. The van der Waals surface area contributed by atoms with Gasteiger partial charge >= 0.3 is 0 Å². The van der Waals surface area contributed by atoms with Crippen molar-refractivity contribution in [2.24, 2.45) is 0 Å². The van der Waals surface area contributed by atoms with Crippen molar-refractivity contribution in [3.05, 3.63) is 90.8 Å². The van der Waals surface area contributed by atoms with Crippen LogP contribution in [0.5, 0.6) is 0 Å². The predicted octanol–water partition coefficient (Wildman–Crippen LogP) is 5.29. The highest BCUT2D eigenvalue weighted by atomic mass is 32.2. The minimum atomic E-state index is 0.979. The minimum absolute atomic E-state index is 0.979. The second-order valence-electron chi connectivity index (χ2n) is 5.40. The van der Waals surface area contributed by atoms with Gasteiger partial charge in [0, 0.05) is 28.6 Å². The Morgan fingerprint density at radius 3 is 2.30 bits per heavy atom. The molecule has 4 aromatic rings. The number of benzene rings is 2. The standard InChI is InChI=1S/C20H16N2S/c1-3-7-16(8-4-1)15-23-18-11-12-20-21-19(14-22(20)13-18)17-9-5-2-6-10-17/h1-14H,15H2. The molecule has 0 saturated heterocycles. The van der Waals surface area contributed by atoms with Gasteiger partial charge in [-0.2, -0.15) is 0 Å². The van der Waals surface area contributed by atoms with E-state index in [0.29, 0.717) is 0 Å². The van der Waals surface area contributed by atoms with E-state index < -0.39 is 0 Å². The van der Waals surface area contributed by atoms with E-state index in [9.17, 15) is 0 Å². The van der Waals surface area contributed by atoms with Crippen molar-refractivity contribution in [3.8, 4) is 11.3 Å². The zero-order chi connectivity index (χ0) is 15.5. The van der Waals surface area contributed by atoms with Crippen LogP contribution in [0.4, 0.5) is 0 Å². The van der Waals surface area contributed by atoms with Crippen LogP contribution in [0.25, 0.3) is 16.9 Å². The number of hydrogen-bond acceptors (Lipinski definition) is 2. The molecule has 0 aliphatic carbocycles. The Morgan fingerprint density at radius 1 is 0.783 bits per heavy atom. The summed E-state index contributed by atoms with van der Waals surface area (Å²) >= 11 is 1.84. The van der Waals surface area contributed by atoms with Crippen LogP contribution >= 0.6 is 11.8 Å². The van der Waals surface area contributed by atoms with E-state index in [-0.39, 0.29) is 0 Å². The molecule has 0 aliphatic rings. The number of fused-ring (bicyclic) bond motifs is 1. The first kappa shape index (κ1) is 14.1. The Kier molecular flexibility index (Phi) is 3.86. The molecule has 23 heavy (non-hydrogen) atoms. The number of rotatable bonds is 4. The fraction of sp³-hybridized carbons (Fsp3) is 0.0500. The summed E-state index contributed by atoms with van der Waals surface area (Å²) in [6.45, 7) is 0. The molecule has 0 radical (unpaired) electrons. The third-order valence-corrected chi connectivity index (χ3v) is 4.79. The summed E-state index contributed by atoms with van der Waals surface area (Å²) in [5.74, 6) is 0.979. The lowest BCUT2D eigenvalue weighted by molar-refractivity contribution is 1.13. The molecule has 2 aromatic carbocycles. The fourth-order valence-corrected chi connectivity index (χ4v) is 3.42. The predicted molar refractivity (Wildman–Crippen MR) is 96.6 cm³/mol. The molecule has 2 nitrogen and oxygen atoms in total. The largest absolute Gasteiger partial charge is 0.305 e. The Morgan fingerprint density at radius 2 is 1.52 bits per heavy atom. The van der Waals surface area contributed by atoms with Crippen molar-refractivity contribution in [1.82, 2.24) is 9.38 Å². The third kappa shape index (κ3) is 3.15. The van der Waals surface area contributed by atoms with Crippen LogP contribution in [0.15, 0.2) is 90.1 Å². The maximum Gasteiger partial charge on any atom is 0.137 e. The van der Waals surface area contributed by atoms with E-state index in [1.54, 1.807) is 0 Å². The first-order valence-electron chi connectivity index (χ1n) is 7.59. The summed E-state index contributed by atoms with van der Waals surface area (Å²) < 4.78 is 2.11. The Hall–Kier alpha value is -2.52. The van der Waals surface area contributed by atoms with Gasteiger partial charge < -0.3 is 4.40 Å². The fourth-order valence-electron chi connectivity index (χ4n) is 2.55. The highest BCUT2D eigenvalue weighted by Crippen LogP contribution is 2.25. The molecule has 0 unspecified atom stereocenters. The molecule has 0 saturated carbocycles. The molecule has 3 heteroatoms. The molecule has 2 aromatic heterocycles. The van der Waals surface area contributed by atoms with Crippen LogP contribution in [-0.2, 0) is 5.75 Å². The summed E-state index contributed by atoms with van der Waals surface area (Å²) in [5, 5.41) is 0. The topological polar surface area (TPSA) is 17.3 Å². The Bertz CT molecular complexity index is 914. The summed E-state index contributed by atoms with van der Waals surface area (Å²) in [4.78, 5) is 5.94. The average molecular weight is 316 g/mol. The summed E-state index contributed by atoms with van der Waals surface area (Å²) in [6, 6.07) is 25.1. The van der Waals surface area contributed by atoms with Gasteiger partial charge in [0.2, 0.25) is 0 Å². The number of pyridine rings is 1. The van der Waals surface area contributed by atoms with Gasteiger partial charge in [-0.3, -0.25) is 0 Å². The lowest BCUT2D eigenvalue weighted by atomic mass is 10.2. The first-order chi connectivity index (χ1) is 11.4. The molecule has 0 fully saturated rings. The maximum atomic E-state index is 4.70. The molecule has 0 spiro atoms. The van der Waals surface area contributed by atoms with E-state index in [0.717, 1.165) is 22.7 Å². The average Bonchev–Trinajstić information content (AvgIpc) is 3.05. The second-order valence-corrected chi connectivity index (χ2v) is 6.45. The lowest BCUT2D eigenvalue weighted by Gasteiger charge is -2.02. The third-order valence-electron chi connectivity index (χ3n) is 3.74. The first-order valence-corrected chi connectivity index (χ1v) is 8.58. The van der Waals surface area contributed by atoms with Gasteiger partial charge in [0.05, 0.1) is 5.69 Å². The van der Waals surface area contributed by atoms with E-state index in [2.05, 4.69) is 71.4 Å². The lowest BCUT2D eigenvalue weighted by Crippen LogP contribution is -1.84. The van der Waals surface area contributed by atoms with E-state index in [1.165, 1.54) is 10.5 Å². The molecule has 0 amide bonds. The molecule has 0 aliphatic heterocycles. The summed E-state index contributed by atoms with van der Waals surface area (Å²) in [6.07, 6.45) is 4.25. The van der Waals surface area contributed by atoms with Crippen molar-refractivity contribution in [2.45, 2.75) is 10.6 Å². The second kappa shape index (κ2) is 6.31. The van der Waals surface area contributed by atoms with Crippen molar-refractivity contribution in [1.29, 1.82) is 0 Å². The number of hydrogen-bond donors (Lipinski definition) is 0. The van der Waals surface area contributed by atoms with Gasteiger partial charge in [-0.05, 0) is 17.7 Å². The highest BCUT2D eigenvalue weighted by Gasteiger charge is 2.05. The zero-order valence-electron chi connectivity index (χ0n) is 12.6. The van der Waals surface area contributed by atoms with Crippen molar-refractivity contribution in [3.63, 3.8) is 0 Å². The molecule has 0 atom stereocenters. The van der Waals surface area contributed by atoms with Gasteiger partial charge in [-0.1, -0.05) is 60.7 Å². The zero-order valence-corrected chi connectivity index (χ0v) is 13.4. The Balaban J connectivity index is 1.58. The quantitative estimate of drug-likeness (QED) is 0.476. The number of imidazole rings is 1. The number of nitrogens with zero attached hydrogens (tertiary/aromatic N) is 2. The van der Waals surface area contributed by atoms with Crippen LogP contribution in [0, 0.1) is 0 Å². The van der Waals surface area contributed by atoms with Crippen molar-refractivity contribution < 1.29 is 0 Å². The van der Waals surface area contributed by atoms with E-state index in [4.69, 9.17) is 4.98 Å². The van der Waals surface area contributed by atoms with Gasteiger partial charge in [0.1, 0.15) is 5.65 Å². The van der Waals surface area contributed by atoms with Crippen molar-refractivity contribution in [2.75, 3.05) is 0 Å². The van der Waals surface area contributed by atoms with E-state index in [1.807, 2.05) is 30.0 Å². The van der Waals surface area contributed by atoms with Gasteiger partial charge in [0.25, 0.3) is 0 Å². The normalized spacial score (nSPS) is 11.0. The molecule has 0 N–H and O–H groups in total. The summed E-state index contributed by atoms with van der Waals surface area (Å²) in [7, 11) is 0. The van der Waals surface area contributed by atoms with Crippen LogP contribution in [0.1, 0.15) is 5.56 Å². The molecular weight excluding hydrogens is 300 g/mol. The Labute approximate surface area is 139 Å². The molecule has 112 valence electrons. The minimum Gasteiger partial charge on any atom is -0.305 e. The SMILES string of the molecule is c1ccc(CSc2ccc3nc(-c4ccccc4)cn3c2)cc1. The van der Waals surface area contributed by atoms with Crippen LogP contribution in [-0.4, -0.2) is 9.38 Å².